The molecule has 20 heavy (non-hydrogen) atoms. The van der Waals surface area contributed by atoms with Crippen molar-refractivity contribution in [2.24, 2.45) is 0 Å². The number of rotatable bonds is 5. The fourth-order valence-corrected chi connectivity index (χ4v) is 2.64. The molecule has 110 valence electrons. The first-order valence-corrected chi connectivity index (χ1v) is 6.88. The van der Waals surface area contributed by atoms with Crippen LogP contribution in [0.5, 0.6) is 0 Å². The average molecular weight is 279 g/mol. The van der Waals surface area contributed by atoms with Crippen LogP contribution in [0.25, 0.3) is 0 Å². The number of aliphatic hydroxyl groups is 3. The van der Waals surface area contributed by atoms with E-state index in [-0.39, 0.29) is 11.8 Å². The van der Waals surface area contributed by atoms with Crippen LogP contribution in [0, 0.1) is 0 Å². The van der Waals surface area contributed by atoms with Gasteiger partial charge in [0.25, 0.3) is 0 Å². The minimum Gasteiger partial charge on any atom is -0.394 e. The average Bonchev–Trinajstić information content (AvgIpc) is 2.52. The van der Waals surface area contributed by atoms with E-state index >= 15 is 0 Å². The number of amides is 1. The predicted molar refractivity (Wildman–Crippen MR) is 74.3 cm³/mol. The van der Waals surface area contributed by atoms with E-state index in [1.165, 1.54) is 5.56 Å². The Bertz CT molecular complexity index is 462. The van der Waals surface area contributed by atoms with Gasteiger partial charge in [0.2, 0.25) is 5.91 Å². The highest BCUT2D eigenvalue weighted by molar-refractivity contribution is 5.85. The fraction of sp³-hybridized carbons (Fsp3) is 0.533. The van der Waals surface area contributed by atoms with Crippen LogP contribution in [0.4, 0.5) is 0 Å². The maximum Gasteiger partial charge on any atom is 0.228 e. The molecule has 0 fully saturated rings. The van der Waals surface area contributed by atoms with Crippen molar-refractivity contribution in [3.8, 4) is 0 Å². The third-order valence-corrected chi connectivity index (χ3v) is 3.98. The van der Waals surface area contributed by atoms with Crippen molar-refractivity contribution in [3.63, 3.8) is 0 Å². The van der Waals surface area contributed by atoms with Crippen molar-refractivity contribution >= 4 is 5.91 Å². The number of carbonyl (C=O) groups is 1. The fourth-order valence-electron chi connectivity index (χ4n) is 2.64. The van der Waals surface area contributed by atoms with Crippen LogP contribution in [-0.4, -0.2) is 46.6 Å². The molecule has 1 aliphatic rings. The molecule has 1 aromatic rings. The summed E-state index contributed by atoms with van der Waals surface area (Å²) in [6.07, 6.45) is 2.63. The van der Waals surface area contributed by atoms with Crippen molar-refractivity contribution in [2.45, 2.75) is 30.7 Å². The zero-order chi connectivity index (χ0) is 14.6. The van der Waals surface area contributed by atoms with Crippen LogP contribution < -0.4 is 5.32 Å². The van der Waals surface area contributed by atoms with Crippen molar-refractivity contribution in [1.82, 2.24) is 5.32 Å². The third kappa shape index (κ3) is 2.85. The summed E-state index contributed by atoms with van der Waals surface area (Å²) in [6.45, 7) is -1.50. The molecule has 2 rings (SSSR count). The molecule has 0 aromatic heterocycles. The normalized spacial score (nSPS) is 18.4. The highest BCUT2D eigenvalue weighted by atomic mass is 16.3. The largest absolute Gasteiger partial charge is 0.394 e. The van der Waals surface area contributed by atoms with E-state index < -0.39 is 25.4 Å². The first-order chi connectivity index (χ1) is 9.65. The lowest BCUT2D eigenvalue weighted by Crippen LogP contribution is -2.58. The van der Waals surface area contributed by atoms with Crippen molar-refractivity contribution in [3.05, 3.63) is 35.4 Å². The second-order valence-electron chi connectivity index (χ2n) is 5.39. The molecule has 5 nitrogen and oxygen atoms in total. The standard InChI is InChI=1S/C15H21NO4/c17-8-15(9-18,10-19)16-14(20)13-7-3-5-11-4-1-2-6-12(11)13/h1-2,4,6,13,17-19H,3,5,7-10H2,(H,16,20). The molecule has 0 saturated heterocycles. The Kier molecular flexibility index (Phi) is 4.75. The topological polar surface area (TPSA) is 89.8 Å². The number of aryl methyl sites for hydroxylation is 1. The molecular weight excluding hydrogens is 258 g/mol. The number of benzene rings is 1. The van der Waals surface area contributed by atoms with Crippen LogP contribution in [0.1, 0.15) is 29.9 Å². The van der Waals surface area contributed by atoms with Gasteiger partial charge in [-0.15, -0.1) is 0 Å². The maximum absolute atomic E-state index is 12.4. The SMILES string of the molecule is O=C(NC(CO)(CO)CO)C1CCCc2ccccc21. The van der Waals surface area contributed by atoms with Gasteiger partial charge in [-0.05, 0) is 30.4 Å². The number of hydrogen-bond donors (Lipinski definition) is 4. The van der Waals surface area contributed by atoms with E-state index in [4.69, 9.17) is 0 Å². The summed E-state index contributed by atoms with van der Waals surface area (Å²) in [6, 6.07) is 7.82. The zero-order valence-corrected chi connectivity index (χ0v) is 11.4. The molecule has 0 saturated carbocycles. The minimum atomic E-state index is -1.36. The summed E-state index contributed by atoms with van der Waals surface area (Å²) in [5.74, 6) is -0.543. The Morgan fingerprint density at radius 2 is 1.85 bits per heavy atom. The summed E-state index contributed by atoms with van der Waals surface area (Å²) in [5.41, 5.74) is 0.809. The maximum atomic E-state index is 12.4. The lowest BCUT2D eigenvalue weighted by atomic mass is 9.82. The Labute approximate surface area is 118 Å². The Hall–Kier alpha value is -1.43. The molecule has 0 radical (unpaired) electrons. The van der Waals surface area contributed by atoms with Crippen LogP contribution >= 0.6 is 0 Å². The van der Waals surface area contributed by atoms with Crippen LogP contribution in [0.3, 0.4) is 0 Å². The van der Waals surface area contributed by atoms with E-state index in [9.17, 15) is 20.1 Å². The zero-order valence-electron chi connectivity index (χ0n) is 11.4. The summed E-state index contributed by atoms with van der Waals surface area (Å²) in [4.78, 5) is 12.4. The van der Waals surface area contributed by atoms with E-state index in [1.54, 1.807) is 0 Å². The molecule has 1 amide bonds. The molecule has 0 heterocycles. The van der Waals surface area contributed by atoms with Gasteiger partial charge in [0.1, 0.15) is 5.54 Å². The van der Waals surface area contributed by atoms with E-state index in [2.05, 4.69) is 5.32 Å². The monoisotopic (exact) mass is 279 g/mol. The predicted octanol–water partition coefficient (Wildman–Crippen LogP) is -0.0616. The quantitative estimate of drug-likeness (QED) is 0.608. The van der Waals surface area contributed by atoms with Crippen molar-refractivity contribution in [1.29, 1.82) is 0 Å². The number of fused-ring (bicyclic) bond motifs is 1. The van der Waals surface area contributed by atoms with E-state index in [0.29, 0.717) is 0 Å². The van der Waals surface area contributed by atoms with Crippen LogP contribution in [0.2, 0.25) is 0 Å². The van der Waals surface area contributed by atoms with Gasteiger partial charge in [0, 0.05) is 0 Å². The third-order valence-electron chi connectivity index (χ3n) is 3.98. The second-order valence-corrected chi connectivity index (χ2v) is 5.39. The minimum absolute atomic E-state index is 0.255. The van der Waals surface area contributed by atoms with Gasteiger partial charge in [-0.3, -0.25) is 4.79 Å². The summed E-state index contributed by atoms with van der Waals surface area (Å²) in [7, 11) is 0. The van der Waals surface area contributed by atoms with Crippen LogP contribution in [0.15, 0.2) is 24.3 Å². The number of hydrogen-bond acceptors (Lipinski definition) is 4. The highest BCUT2D eigenvalue weighted by Crippen LogP contribution is 2.31. The molecule has 5 heteroatoms. The van der Waals surface area contributed by atoms with Gasteiger partial charge in [-0.2, -0.15) is 0 Å². The van der Waals surface area contributed by atoms with Gasteiger partial charge < -0.3 is 20.6 Å². The van der Waals surface area contributed by atoms with Crippen molar-refractivity contribution in [2.75, 3.05) is 19.8 Å². The molecule has 1 aromatic carbocycles. The Balaban J connectivity index is 2.19. The first kappa shape index (κ1) is 15.0. The molecular formula is C15H21NO4. The lowest BCUT2D eigenvalue weighted by molar-refractivity contribution is -0.127. The van der Waals surface area contributed by atoms with E-state index in [0.717, 1.165) is 24.8 Å². The van der Waals surface area contributed by atoms with Crippen molar-refractivity contribution < 1.29 is 20.1 Å². The first-order valence-electron chi connectivity index (χ1n) is 6.88. The molecule has 4 N–H and O–H groups in total. The molecule has 1 unspecified atom stereocenters. The number of carbonyl (C=O) groups excluding carboxylic acids is 1. The summed E-state index contributed by atoms with van der Waals surface area (Å²) < 4.78 is 0. The smallest absolute Gasteiger partial charge is 0.228 e. The summed E-state index contributed by atoms with van der Waals surface area (Å²) in [5, 5.41) is 30.5. The van der Waals surface area contributed by atoms with Crippen LogP contribution in [-0.2, 0) is 11.2 Å². The van der Waals surface area contributed by atoms with Gasteiger partial charge >= 0.3 is 0 Å². The Morgan fingerprint density at radius 3 is 2.50 bits per heavy atom. The van der Waals surface area contributed by atoms with Gasteiger partial charge in [-0.25, -0.2) is 0 Å². The Morgan fingerprint density at radius 1 is 1.20 bits per heavy atom. The number of aliphatic hydroxyl groups excluding tert-OH is 3. The van der Waals surface area contributed by atoms with Gasteiger partial charge in [0.05, 0.1) is 25.7 Å². The molecule has 0 bridgehead atoms. The molecule has 0 spiro atoms. The molecule has 1 atom stereocenters. The lowest BCUT2D eigenvalue weighted by Gasteiger charge is -2.32. The van der Waals surface area contributed by atoms with Gasteiger partial charge in [-0.1, -0.05) is 24.3 Å². The molecule has 1 aliphatic carbocycles. The van der Waals surface area contributed by atoms with E-state index in [1.807, 2.05) is 24.3 Å². The second kappa shape index (κ2) is 6.35. The summed E-state index contributed by atoms with van der Waals surface area (Å²) >= 11 is 0. The van der Waals surface area contributed by atoms with Gasteiger partial charge in [0.15, 0.2) is 0 Å². The number of nitrogens with one attached hydrogen (secondary N) is 1. The highest BCUT2D eigenvalue weighted by Gasteiger charge is 2.34. The molecule has 0 aliphatic heterocycles.